The van der Waals surface area contributed by atoms with Crippen molar-refractivity contribution in [1.82, 2.24) is 9.88 Å². The zero-order chi connectivity index (χ0) is 24.0. The fraction of sp³-hybridized carbons (Fsp3) is 0.370. The molecule has 3 aromatic rings. The molecule has 2 aliphatic rings. The van der Waals surface area contributed by atoms with Gasteiger partial charge in [-0.2, -0.15) is 4.99 Å². The van der Waals surface area contributed by atoms with Gasteiger partial charge in [0.1, 0.15) is 5.84 Å². The summed E-state index contributed by atoms with van der Waals surface area (Å²) in [4.78, 5) is 25.8. The number of ether oxygens (including phenoxy) is 1. The average Bonchev–Trinajstić information content (AvgIpc) is 2.90. The molecule has 3 heterocycles. The first-order chi connectivity index (χ1) is 17.2. The number of hydrogen-bond acceptors (Lipinski definition) is 5. The first-order valence-corrected chi connectivity index (χ1v) is 12.3. The van der Waals surface area contributed by atoms with Gasteiger partial charge in [-0.05, 0) is 49.2 Å². The van der Waals surface area contributed by atoms with Gasteiger partial charge in [-0.15, -0.1) is 0 Å². The number of nitrogens with zero attached hydrogens (tertiary/aromatic N) is 4. The van der Waals surface area contributed by atoms with Crippen molar-refractivity contribution in [2.24, 2.45) is 16.6 Å². The fourth-order valence-corrected chi connectivity index (χ4v) is 4.96. The standard InChI is InChI=1S/C27H32N6O2/c28-26(31-27(34)30-25-8-2-5-21-17-29-10-9-24(21)25)22-6-3-11-32(19-22)18-20-4-1-7-23(16-20)33-12-14-35-15-13-33/h1-2,4-5,7-10,16-17,22H,3,6,11-15,18-19H2,(H3,28,30,31,34). The average molecular weight is 473 g/mol. The molecule has 2 amide bonds. The van der Waals surface area contributed by atoms with Crippen LogP contribution in [0.2, 0.25) is 0 Å². The summed E-state index contributed by atoms with van der Waals surface area (Å²) >= 11 is 0. The van der Waals surface area contributed by atoms with Gasteiger partial charge in [-0.1, -0.05) is 24.3 Å². The van der Waals surface area contributed by atoms with Crippen molar-refractivity contribution in [2.75, 3.05) is 49.6 Å². The third kappa shape index (κ3) is 5.78. The summed E-state index contributed by atoms with van der Waals surface area (Å²) < 4.78 is 5.48. The van der Waals surface area contributed by atoms with Gasteiger partial charge in [0.05, 0.1) is 18.9 Å². The lowest BCUT2D eigenvalue weighted by molar-refractivity contribution is 0.122. The molecule has 2 saturated heterocycles. The van der Waals surface area contributed by atoms with Gasteiger partial charge >= 0.3 is 6.03 Å². The molecule has 5 rings (SSSR count). The summed E-state index contributed by atoms with van der Waals surface area (Å²) in [5, 5.41) is 4.77. The lowest BCUT2D eigenvalue weighted by Gasteiger charge is -2.33. The van der Waals surface area contributed by atoms with Crippen molar-refractivity contribution < 1.29 is 9.53 Å². The lowest BCUT2D eigenvalue weighted by atomic mass is 9.96. The van der Waals surface area contributed by atoms with Crippen LogP contribution in [0.1, 0.15) is 18.4 Å². The molecule has 8 heteroatoms. The molecule has 8 nitrogen and oxygen atoms in total. The minimum atomic E-state index is -0.442. The van der Waals surface area contributed by atoms with Gasteiger partial charge in [0.2, 0.25) is 0 Å². The van der Waals surface area contributed by atoms with Crippen LogP contribution in [0.15, 0.2) is 65.9 Å². The number of amides is 2. The van der Waals surface area contributed by atoms with E-state index in [2.05, 4.69) is 49.4 Å². The van der Waals surface area contributed by atoms with Crippen molar-refractivity contribution in [3.63, 3.8) is 0 Å². The number of likely N-dealkylation sites (tertiary alicyclic amines) is 1. The highest BCUT2D eigenvalue weighted by molar-refractivity contribution is 6.05. The number of amidine groups is 1. The number of carbonyl (C=O) groups is 1. The van der Waals surface area contributed by atoms with E-state index in [9.17, 15) is 4.79 Å². The summed E-state index contributed by atoms with van der Waals surface area (Å²) in [5.41, 5.74) is 9.57. The number of fused-ring (bicyclic) bond motifs is 1. The number of nitrogens with one attached hydrogen (secondary N) is 1. The number of nitrogens with two attached hydrogens (primary N) is 1. The van der Waals surface area contributed by atoms with Gasteiger partial charge < -0.3 is 20.7 Å². The molecule has 1 unspecified atom stereocenters. The number of anilines is 2. The molecular weight excluding hydrogens is 440 g/mol. The maximum absolute atomic E-state index is 12.6. The molecule has 0 radical (unpaired) electrons. The molecule has 182 valence electrons. The van der Waals surface area contributed by atoms with Gasteiger partial charge in [0.15, 0.2) is 0 Å². The van der Waals surface area contributed by atoms with E-state index in [1.165, 1.54) is 11.3 Å². The number of carbonyl (C=O) groups excluding carboxylic acids is 1. The largest absolute Gasteiger partial charge is 0.387 e. The third-order valence-electron chi connectivity index (χ3n) is 6.77. The van der Waals surface area contributed by atoms with Crippen molar-refractivity contribution in [3.8, 4) is 0 Å². The molecule has 2 fully saturated rings. The Morgan fingerprint density at radius 1 is 1.14 bits per heavy atom. The molecule has 3 N–H and O–H groups in total. The van der Waals surface area contributed by atoms with Crippen LogP contribution in [-0.4, -0.2) is 61.1 Å². The number of urea groups is 1. The fourth-order valence-electron chi connectivity index (χ4n) is 4.96. The third-order valence-corrected chi connectivity index (χ3v) is 6.77. The Balaban J connectivity index is 1.21. The predicted molar refractivity (Wildman–Crippen MR) is 140 cm³/mol. The second-order valence-corrected chi connectivity index (χ2v) is 9.21. The van der Waals surface area contributed by atoms with Crippen LogP contribution in [0.4, 0.5) is 16.2 Å². The molecular formula is C27H32N6O2. The van der Waals surface area contributed by atoms with E-state index in [0.717, 1.165) is 69.6 Å². The molecule has 35 heavy (non-hydrogen) atoms. The van der Waals surface area contributed by atoms with Crippen molar-refractivity contribution in [3.05, 3.63) is 66.5 Å². The molecule has 0 aliphatic carbocycles. The van der Waals surface area contributed by atoms with E-state index in [1.807, 2.05) is 24.3 Å². The zero-order valence-electron chi connectivity index (χ0n) is 19.9. The van der Waals surface area contributed by atoms with Crippen LogP contribution >= 0.6 is 0 Å². The van der Waals surface area contributed by atoms with E-state index >= 15 is 0 Å². The first-order valence-electron chi connectivity index (χ1n) is 12.3. The van der Waals surface area contributed by atoms with E-state index < -0.39 is 6.03 Å². The molecule has 1 atom stereocenters. The second-order valence-electron chi connectivity index (χ2n) is 9.21. The number of morpholine rings is 1. The Morgan fingerprint density at radius 2 is 2.00 bits per heavy atom. The highest BCUT2D eigenvalue weighted by Gasteiger charge is 2.24. The Hall–Kier alpha value is -3.49. The van der Waals surface area contributed by atoms with Crippen LogP contribution < -0.4 is 16.0 Å². The van der Waals surface area contributed by atoms with E-state index in [1.54, 1.807) is 12.4 Å². The monoisotopic (exact) mass is 472 g/mol. The quantitative estimate of drug-likeness (QED) is 0.432. The summed E-state index contributed by atoms with van der Waals surface area (Å²) in [6.45, 7) is 6.09. The molecule has 1 aromatic heterocycles. The van der Waals surface area contributed by atoms with Crippen molar-refractivity contribution in [2.45, 2.75) is 19.4 Å². The van der Waals surface area contributed by atoms with E-state index in [-0.39, 0.29) is 5.92 Å². The molecule has 0 saturated carbocycles. The normalized spacial score (nSPS) is 19.6. The highest BCUT2D eigenvalue weighted by Crippen LogP contribution is 2.24. The summed E-state index contributed by atoms with van der Waals surface area (Å²) in [6, 6.07) is 15.9. The minimum Gasteiger partial charge on any atom is -0.387 e. The number of benzene rings is 2. The summed E-state index contributed by atoms with van der Waals surface area (Å²) in [7, 11) is 0. The predicted octanol–water partition coefficient (Wildman–Crippen LogP) is 3.87. The topological polar surface area (TPSA) is 96.1 Å². The van der Waals surface area contributed by atoms with Gasteiger partial charge in [0, 0.05) is 61.0 Å². The van der Waals surface area contributed by atoms with Gasteiger partial charge in [0.25, 0.3) is 0 Å². The van der Waals surface area contributed by atoms with Crippen LogP contribution in [-0.2, 0) is 11.3 Å². The van der Waals surface area contributed by atoms with Crippen molar-refractivity contribution >= 4 is 34.0 Å². The second kappa shape index (κ2) is 10.8. The molecule has 2 aromatic carbocycles. The van der Waals surface area contributed by atoms with E-state index in [0.29, 0.717) is 11.5 Å². The summed E-state index contributed by atoms with van der Waals surface area (Å²) in [6.07, 6.45) is 5.45. The zero-order valence-corrected chi connectivity index (χ0v) is 19.9. The number of aliphatic imine (C=N–C) groups is 1. The first kappa shape index (κ1) is 23.3. The lowest BCUT2D eigenvalue weighted by Crippen LogP contribution is -2.41. The maximum atomic E-state index is 12.6. The Bertz CT molecular complexity index is 1200. The van der Waals surface area contributed by atoms with E-state index in [4.69, 9.17) is 10.5 Å². The van der Waals surface area contributed by atoms with Crippen molar-refractivity contribution in [1.29, 1.82) is 0 Å². The highest BCUT2D eigenvalue weighted by atomic mass is 16.5. The number of hydrogen-bond donors (Lipinski definition) is 2. The number of piperidine rings is 1. The van der Waals surface area contributed by atoms with Crippen LogP contribution in [0.3, 0.4) is 0 Å². The molecule has 0 bridgehead atoms. The van der Waals surface area contributed by atoms with Gasteiger partial charge in [-0.25, -0.2) is 4.79 Å². The molecule has 2 aliphatic heterocycles. The maximum Gasteiger partial charge on any atom is 0.347 e. The Morgan fingerprint density at radius 3 is 2.89 bits per heavy atom. The van der Waals surface area contributed by atoms with Crippen LogP contribution in [0.25, 0.3) is 10.8 Å². The SMILES string of the molecule is N/C(=N\C(=O)Nc1cccc2cnccc12)C1CCCN(Cc2cccc(N3CCOCC3)c2)C1. The smallest absolute Gasteiger partial charge is 0.347 e. The number of rotatable bonds is 5. The molecule has 0 spiro atoms. The minimum absolute atomic E-state index is 0.0636. The van der Waals surface area contributed by atoms with Crippen LogP contribution in [0, 0.1) is 5.92 Å². The Labute approximate surface area is 205 Å². The van der Waals surface area contributed by atoms with Gasteiger partial charge in [-0.3, -0.25) is 9.88 Å². The number of aromatic nitrogens is 1. The van der Waals surface area contributed by atoms with Crippen LogP contribution in [0.5, 0.6) is 0 Å². The Kier molecular flexibility index (Phi) is 7.20. The number of pyridine rings is 1. The summed E-state index contributed by atoms with van der Waals surface area (Å²) in [5.74, 6) is 0.463.